The first kappa shape index (κ1) is 15.5. The normalized spacial score (nSPS) is 36.6. The lowest BCUT2D eigenvalue weighted by atomic mass is 9.92. The molecule has 1 saturated heterocycles. The lowest BCUT2D eigenvalue weighted by Gasteiger charge is -2.27. The van der Waals surface area contributed by atoms with Gasteiger partial charge in [0.25, 0.3) is 5.62 Å². The van der Waals surface area contributed by atoms with Gasteiger partial charge in [-0.05, 0) is 18.1 Å². The van der Waals surface area contributed by atoms with Crippen LogP contribution in [0.2, 0.25) is 0 Å². The van der Waals surface area contributed by atoms with Crippen molar-refractivity contribution in [2.45, 2.75) is 29.7 Å². The van der Waals surface area contributed by atoms with Crippen molar-refractivity contribution in [2.75, 3.05) is 12.3 Å². The van der Waals surface area contributed by atoms with Crippen LogP contribution in [0.15, 0.2) is 17.4 Å². The van der Waals surface area contributed by atoms with E-state index in [-0.39, 0.29) is 11.4 Å². The van der Waals surface area contributed by atoms with Gasteiger partial charge in [0.2, 0.25) is 5.60 Å². The van der Waals surface area contributed by atoms with Crippen LogP contribution in [-0.4, -0.2) is 48.2 Å². The van der Waals surface area contributed by atoms with Gasteiger partial charge in [-0.1, -0.05) is 0 Å². The van der Waals surface area contributed by atoms with E-state index in [9.17, 15) is 15.5 Å². The fourth-order valence-electron chi connectivity index (χ4n) is 2.24. The van der Waals surface area contributed by atoms with Crippen LogP contribution in [0.5, 0.6) is 0 Å². The number of alkyl halides is 1. The van der Waals surface area contributed by atoms with E-state index in [0.29, 0.717) is 0 Å². The van der Waals surface area contributed by atoms with Gasteiger partial charge in [0.05, 0.1) is 6.61 Å². The molecule has 0 spiro atoms. The quantitative estimate of drug-likeness (QED) is 0.307. The van der Waals surface area contributed by atoms with Crippen LogP contribution in [0, 0.1) is 11.3 Å². The van der Waals surface area contributed by atoms with E-state index in [1.165, 1.54) is 23.8 Å². The Labute approximate surface area is 124 Å². The second-order valence-electron chi connectivity index (χ2n) is 4.84. The molecule has 0 aliphatic carbocycles. The molecule has 0 bridgehead atoms. The van der Waals surface area contributed by atoms with Gasteiger partial charge in [0.1, 0.15) is 22.9 Å². The molecule has 2 heterocycles. The average Bonchev–Trinajstić information content (AvgIpc) is 2.68. The number of anilines is 1. The van der Waals surface area contributed by atoms with Crippen molar-refractivity contribution in [2.24, 2.45) is 5.16 Å². The maximum atomic E-state index is 10.2. The van der Waals surface area contributed by atoms with E-state index >= 15 is 0 Å². The third kappa shape index (κ3) is 2.22. The van der Waals surface area contributed by atoms with E-state index in [4.69, 9.17) is 27.3 Å². The molecule has 1 aromatic heterocycles. The van der Waals surface area contributed by atoms with Gasteiger partial charge >= 0.3 is 0 Å². The number of ether oxygens (including phenoxy) is 1. The van der Waals surface area contributed by atoms with Gasteiger partial charge in [-0.25, -0.2) is 0 Å². The number of nitrogens with two attached hydrogens (primary N) is 1. The molecule has 1 aliphatic rings. The van der Waals surface area contributed by atoms with Crippen LogP contribution in [0.4, 0.5) is 5.82 Å². The number of aromatic nitrogens is 2. The van der Waals surface area contributed by atoms with Gasteiger partial charge < -0.3 is 25.9 Å². The van der Waals surface area contributed by atoms with E-state index in [2.05, 4.69) is 10.1 Å². The molecule has 1 aliphatic heterocycles. The Morgan fingerprint density at radius 3 is 2.86 bits per heavy atom. The number of aliphatic hydroxyl groups excluding tert-OH is 2. The maximum absolute atomic E-state index is 10.2. The highest BCUT2D eigenvalue weighted by atomic mass is 35.5. The van der Waals surface area contributed by atoms with Gasteiger partial charge in [0.15, 0.2) is 6.23 Å². The first-order chi connectivity index (χ1) is 9.82. The largest absolute Gasteiger partial charge is 0.408 e. The van der Waals surface area contributed by atoms with E-state index in [1.807, 2.05) is 0 Å². The van der Waals surface area contributed by atoms with Crippen molar-refractivity contribution in [3.63, 3.8) is 0 Å². The predicted molar refractivity (Wildman–Crippen MR) is 69.8 cm³/mol. The van der Waals surface area contributed by atoms with Crippen LogP contribution in [0.25, 0.3) is 0 Å². The maximum Gasteiger partial charge on any atom is 0.270 e. The Morgan fingerprint density at radius 2 is 2.38 bits per heavy atom. The molecule has 0 amide bonds. The summed E-state index contributed by atoms with van der Waals surface area (Å²) in [6.45, 7) is 0.682. The molecular weight excluding hydrogens is 302 g/mol. The number of nitriles is 1. The summed E-state index contributed by atoms with van der Waals surface area (Å²) >= 11 is 6.29. The Kier molecular flexibility index (Phi) is 3.81. The van der Waals surface area contributed by atoms with Crippen LogP contribution < -0.4 is 11.4 Å². The van der Waals surface area contributed by atoms with Crippen molar-refractivity contribution in [1.29, 1.82) is 5.26 Å². The number of hydrogen-bond acceptors (Lipinski definition) is 8. The van der Waals surface area contributed by atoms with Gasteiger partial charge in [-0.3, -0.25) is 4.57 Å². The monoisotopic (exact) mass is 315 g/mol. The minimum absolute atomic E-state index is 0.0996. The third-order valence-corrected chi connectivity index (χ3v) is 3.81. The fraction of sp³-hybridized carbons (Fsp3) is 0.545. The molecule has 5 N–H and O–H groups in total. The number of nitrogens with zero attached hydrogens (tertiary/aromatic N) is 4. The third-order valence-electron chi connectivity index (χ3n) is 3.41. The van der Waals surface area contributed by atoms with Crippen molar-refractivity contribution in [1.82, 2.24) is 9.55 Å². The molecule has 10 heteroatoms. The molecule has 9 nitrogen and oxygen atoms in total. The number of nitrogen functional groups attached to an aromatic ring is 1. The lowest BCUT2D eigenvalue weighted by Crippen LogP contribution is -2.48. The predicted octanol–water partition coefficient (Wildman–Crippen LogP) is -1.10. The molecule has 21 heavy (non-hydrogen) atoms. The smallest absolute Gasteiger partial charge is 0.270 e. The van der Waals surface area contributed by atoms with Gasteiger partial charge in [-0.15, -0.1) is 11.6 Å². The Bertz CT molecular complexity index is 655. The highest BCUT2D eigenvalue weighted by Crippen LogP contribution is 2.47. The molecule has 114 valence electrons. The standard InChI is InChI=1S/C11H14ClN5O4/c1-10(12)7(19)11(4-13,5-18)21-8(10)17-3-2-6(14)15-9(17)16-20/h2-3,7-8,18-20H,5H2,1H3,(H2,14,15,16)/t7-,8+,10+,11+/m0/s1. The zero-order chi connectivity index (χ0) is 15.8. The highest BCUT2D eigenvalue weighted by molar-refractivity contribution is 6.24. The molecule has 0 unspecified atom stereocenters. The summed E-state index contributed by atoms with van der Waals surface area (Å²) in [6.07, 6.45) is -1.21. The molecule has 0 aromatic carbocycles. The summed E-state index contributed by atoms with van der Waals surface area (Å²) in [5, 5.41) is 40.7. The first-order valence-corrected chi connectivity index (χ1v) is 6.30. The summed E-state index contributed by atoms with van der Waals surface area (Å²) in [6, 6.07) is 3.13. The number of halogens is 1. The van der Waals surface area contributed by atoms with Gasteiger partial charge in [0, 0.05) is 6.20 Å². The second-order valence-corrected chi connectivity index (χ2v) is 5.66. The van der Waals surface area contributed by atoms with E-state index in [1.54, 1.807) is 6.07 Å². The Balaban J connectivity index is 2.59. The van der Waals surface area contributed by atoms with Crippen LogP contribution in [0.3, 0.4) is 0 Å². The average molecular weight is 316 g/mol. The second kappa shape index (κ2) is 5.16. The number of rotatable bonds is 2. The van der Waals surface area contributed by atoms with Crippen molar-refractivity contribution in [3.05, 3.63) is 17.9 Å². The minimum atomic E-state index is -1.89. The topological polar surface area (TPSA) is 150 Å². The summed E-state index contributed by atoms with van der Waals surface area (Å²) in [5.74, 6) is 0.0996. The number of hydrogen-bond donors (Lipinski definition) is 4. The van der Waals surface area contributed by atoms with Crippen LogP contribution in [0.1, 0.15) is 13.2 Å². The number of aliphatic hydroxyl groups is 2. The van der Waals surface area contributed by atoms with Crippen LogP contribution in [-0.2, 0) is 4.74 Å². The summed E-state index contributed by atoms with van der Waals surface area (Å²) in [5.41, 5.74) is 3.39. The SMILES string of the molecule is C[C@]1(Cl)[C@H](n2ccc(N)n/c2=N\O)O[C@](C#N)(CO)[C@H]1O. The fourth-order valence-corrected chi connectivity index (χ4v) is 2.56. The molecule has 0 saturated carbocycles. The molecule has 1 fully saturated rings. The minimum Gasteiger partial charge on any atom is -0.408 e. The summed E-state index contributed by atoms with van der Waals surface area (Å²) < 4.78 is 6.67. The summed E-state index contributed by atoms with van der Waals surface area (Å²) in [7, 11) is 0. The van der Waals surface area contributed by atoms with Crippen LogP contribution >= 0.6 is 11.6 Å². The van der Waals surface area contributed by atoms with Crippen molar-refractivity contribution in [3.8, 4) is 6.07 Å². The summed E-state index contributed by atoms with van der Waals surface area (Å²) in [4.78, 5) is 2.31. The molecular formula is C11H14ClN5O4. The van der Waals surface area contributed by atoms with Crippen molar-refractivity contribution >= 4 is 17.4 Å². The first-order valence-electron chi connectivity index (χ1n) is 5.92. The lowest BCUT2D eigenvalue weighted by molar-refractivity contribution is -0.0934. The van der Waals surface area contributed by atoms with Gasteiger partial charge in [-0.2, -0.15) is 10.2 Å². The molecule has 4 atom stereocenters. The zero-order valence-corrected chi connectivity index (χ0v) is 11.8. The molecule has 2 rings (SSSR count). The van der Waals surface area contributed by atoms with Crippen molar-refractivity contribution < 1.29 is 20.2 Å². The zero-order valence-electron chi connectivity index (χ0n) is 11.0. The van der Waals surface area contributed by atoms with E-state index < -0.39 is 29.4 Å². The molecule has 1 aromatic rings. The molecule has 0 radical (unpaired) electrons. The van der Waals surface area contributed by atoms with E-state index in [0.717, 1.165) is 0 Å². The highest BCUT2D eigenvalue weighted by Gasteiger charge is 2.62. The Morgan fingerprint density at radius 1 is 1.71 bits per heavy atom. The Hall–Kier alpha value is -1.86.